The van der Waals surface area contributed by atoms with E-state index in [0.717, 1.165) is 5.56 Å². The minimum absolute atomic E-state index is 0.106. The highest BCUT2D eigenvalue weighted by molar-refractivity contribution is 6.99. The zero-order chi connectivity index (χ0) is 20.5. The second kappa shape index (κ2) is 7.73. The predicted molar refractivity (Wildman–Crippen MR) is 121 cm³/mol. The van der Waals surface area contributed by atoms with Crippen molar-refractivity contribution in [2.75, 3.05) is 0 Å². The van der Waals surface area contributed by atoms with Gasteiger partial charge in [-0.2, -0.15) is 0 Å². The summed E-state index contributed by atoms with van der Waals surface area (Å²) in [5.74, 6) is 0.256. The fourth-order valence-corrected chi connectivity index (χ4v) is 9.27. The van der Waals surface area contributed by atoms with Crippen LogP contribution in [0.15, 0.2) is 84.9 Å². The van der Waals surface area contributed by atoms with E-state index >= 15 is 0 Å². The quantitative estimate of drug-likeness (QED) is 0.587. The first-order valence-electron chi connectivity index (χ1n) is 10.3. The van der Waals surface area contributed by atoms with Crippen LogP contribution in [0.3, 0.4) is 0 Å². The molecule has 0 N–H and O–H groups in total. The van der Waals surface area contributed by atoms with Gasteiger partial charge in [0.1, 0.15) is 5.78 Å². The van der Waals surface area contributed by atoms with E-state index < -0.39 is 8.32 Å². The molecule has 4 rings (SSSR count). The van der Waals surface area contributed by atoms with Crippen molar-refractivity contribution in [1.82, 2.24) is 0 Å². The Labute approximate surface area is 174 Å². The molecule has 148 valence electrons. The Bertz CT molecular complexity index is 950. The zero-order valence-corrected chi connectivity index (χ0v) is 18.4. The zero-order valence-electron chi connectivity index (χ0n) is 17.4. The molecule has 1 aliphatic rings. The predicted octanol–water partition coefficient (Wildman–Crippen LogP) is 4.82. The van der Waals surface area contributed by atoms with E-state index in [1.54, 1.807) is 0 Å². The van der Waals surface area contributed by atoms with Gasteiger partial charge in [-0.25, -0.2) is 0 Å². The molecule has 0 radical (unpaired) electrons. The van der Waals surface area contributed by atoms with Crippen LogP contribution in [0.5, 0.6) is 0 Å². The molecule has 0 bridgehead atoms. The third-order valence-electron chi connectivity index (χ3n) is 5.94. The van der Waals surface area contributed by atoms with E-state index in [1.165, 1.54) is 15.9 Å². The monoisotopic (exact) mass is 400 g/mol. The van der Waals surface area contributed by atoms with Gasteiger partial charge in [0.15, 0.2) is 0 Å². The van der Waals surface area contributed by atoms with Gasteiger partial charge in [0.05, 0.1) is 6.10 Å². The fourth-order valence-electron chi connectivity index (χ4n) is 4.62. The van der Waals surface area contributed by atoms with E-state index in [4.69, 9.17) is 4.43 Å². The van der Waals surface area contributed by atoms with Gasteiger partial charge in [-0.3, -0.25) is 4.79 Å². The van der Waals surface area contributed by atoms with E-state index in [1.807, 2.05) is 6.07 Å². The van der Waals surface area contributed by atoms with Crippen molar-refractivity contribution in [3.05, 3.63) is 96.1 Å². The third-order valence-corrected chi connectivity index (χ3v) is 11.0. The Morgan fingerprint density at radius 3 is 1.86 bits per heavy atom. The van der Waals surface area contributed by atoms with Crippen LogP contribution in [-0.2, 0) is 15.6 Å². The molecular formula is C26H28O2Si. The average molecular weight is 401 g/mol. The molecule has 0 saturated heterocycles. The first-order chi connectivity index (χ1) is 13.9. The van der Waals surface area contributed by atoms with Crippen LogP contribution in [0, 0.1) is 0 Å². The van der Waals surface area contributed by atoms with E-state index in [0.29, 0.717) is 12.8 Å². The van der Waals surface area contributed by atoms with Gasteiger partial charge in [-0.15, -0.1) is 0 Å². The SMILES string of the molecule is CC(C)(C)[Si](O[C@H]1CC(=O)Cc2ccccc21)(c1ccccc1)c1ccccc1. The lowest BCUT2D eigenvalue weighted by atomic mass is 9.89. The molecule has 3 heteroatoms. The summed E-state index contributed by atoms with van der Waals surface area (Å²) < 4.78 is 7.23. The van der Waals surface area contributed by atoms with Gasteiger partial charge >= 0.3 is 0 Å². The number of carbonyl (C=O) groups excluding carboxylic acids is 1. The van der Waals surface area contributed by atoms with E-state index in [2.05, 4.69) is 99.6 Å². The first kappa shape index (κ1) is 19.8. The van der Waals surface area contributed by atoms with E-state index in [-0.39, 0.29) is 16.9 Å². The third kappa shape index (κ3) is 3.61. The second-order valence-electron chi connectivity index (χ2n) is 8.89. The fraction of sp³-hybridized carbons (Fsp3) is 0.269. The van der Waals surface area contributed by atoms with Crippen molar-refractivity contribution in [3.8, 4) is 0 Å². The Balaban J connectivity index is 1.91. The molecule has 3 aromatic rings. The maximum absolute atomic E-state index is 12.6. The molecule has 0 aliphatic heterocycles. The number of benzene rings is 3. The molecule has 0 unspecified atom stereocenters. The summed E-state index contributed by atoms with van der Waals surface area (Å²) in [5.41, 5.74) is 2.27. The van der Waals surface area contributed by atoms with Crippen LogP contribution in [0.2, 0.25) is 5.04 Å². The Morgan fingerprint density at radius 1 is 0.793 bits per heavy atom. The molecule has 0 fully saturated rings. The summed E-state index contributed by atoms with van der Waals surface area (Å²) in [6.45, 7) is 6.82. The lowest BCUT2D eigenvalue weighted by Crippen LogP contribution is -2.67. The first-order valence-corrected chi connectivity index (χ1v) is 12.2. The number of carbonyl (C=O) groups is 1. The lowest BCUT2D eigenvalue weighted by molar-refractivity contribution is -0.120. The smallest absolute Gasteiger partial charge is 0.261 e. The summed E-state index contributed by atoms with van der Waals surface area (Å²) in [7, 11) is -2.69. The van der Waals surface area contributed by atoms with Crippen LogP contribution in [0.25, 0.3) is 0 Å². The molecule has 0 saturated carbocycles. The number of fused-ring (bicyclic) bond motifs is 1. The molecule has 29 heavy (non-hydrogen) atoms. The van der Waals surface area contributed by atoms with E-state index in [9.17, 15) is 4.79 Å². The van der Waals surface area contributed by atoms with Gasteiger partial charge in [0.25, 0.3) is 8.32 Å². The topological polar surface area (TPSA) is 26.3 Å². The number of rotatable bonds is 4. The Kier molecular flexibility index (Phi) is 5.28. The van der Waals surface area contributed by atoms with Crippen LogP contribution < -0.4 is 10.4 Å². The van der Waals surface area contributed by atoms with Crippen molar-refractivity contribution >= 4 is 24.5 Å². The molecule has 3 aromatic carbocycles. The maximum Gasteiger partial charge on any atom is 0.261 e. The highest BCUT2D eigenvalue weighted by atomic mass is 28.4. The molecule has 2 nitrogen and oxygen atoms in total. The maximum atomic E-state index is 12.6. The molecule has 1 aliphatic carbocycles. The second-order valence-corrected chi connectivity index (χ2v) is 13.1. The largest absolute Gasteiger partial charge is 0.400 e. The van der Waals surface area contributed by atoms with Crippen molar-refractivity contribution < 1.29 is 9.22 Å². The summed E-state index contributed by atoms with van der Waals surface area (Å²) in [5, 5.41) is 2.38. The summed E-state index contributed by atoms with van der Waals surface area (Å²) in [6, 6.07) is 29.5. The van der Waals surface area contributed by atoms with Crippen LogP contribution in [0.4, 0.5) is 0 Å². The standard InChI is InChI=1S/C26H28O2Si/c1-26(2,3)29(22-13-6-4-7-14-22,23-15-8-5-9-16-23)28-25-19-21(27)18-20-12-10-11-17-24(20)25/h4-17,25H,18-19H2,1-3H3/t25-/m0/s1. The van der Waals surface area contributed by atoms with Gasteiger partial charge in [0, 0.05) is 12.8 Å². The minimum Gasteiger partial charge on any atom is -0.400 e. The molecule has 0 aromatic heterocycles. The van der Waals surface area contributed by atoms with Gasteiger partial charge < -0.3 is 4.43 Å². The van der Waals surface area contributed by atoms with Crippen molar-refractivity contribution in [1.29, 1.82) is 0 Å². The van der Waals surface area contributed by atoms with Gasteiger partial charge in [-0.1, -0.05) is 106 Å². The minimum atomic E-state index is -2.69. The Morgan fingerprint density at radius 2 is 1.31 bits per heavy atom. The summed E-state index contributed by atoms with van der Waals surface area (Å²) >= 11 is 0. The van der Waals surface area contributed by atoms with Crippen LogP contribution in [0.1, 0.15) is 44.4 Å². The molecule has 1 atom stereocenters. The molecule has 0 heterocycles. The molecule has 0 spiro atoms. The van der Waals surface area contributed by atoms with Crippen molar-refractivity contribution in [2.24, 2.45) is 0 Å². The van der Waals surface area contributed by atoms with Crippen molar-refractivity contribution in [2.45, 2.75) is 44.8 Å². The average Bonchev–Trinajstić information content (AvgIpc) is 2.72. The van der Waals surface area contributed by atoms with Crippen LogP contribution in [-0.4, -0.2) is 14.1 Å². The number of hydrogen-bond acceptors (Lipinski definition) is 2. The summed E-state index contributed by atoms with van der Waals surface area (Å²) in [4.78, 5) is 12.6. The highest BCUT2D eigenvalue weighted by Gasteiger charge is 2.52. The number of hydrogen-bond donors (Lipinski definition) is 0. The van der Waals surface area contributed by atoms with Crippen LogP contribution >= 0.6 is 0 Å². The molecular weight excluding hydrogens is 372 g/mol. The van der Waals surface area contributed by atoms with Gasteiger partial charge in [0.2, 0.25) is 0 Å². The number of Topliss-reactive ketones (excluding diaryl/α,β-unsaturated/α-hetero) is 1. The number of ketones is 1. The van der Waals surface area contributed by atoms with Crippen molar-refractivity contribution in [3.63, 3.8) is 0 Å². The normalized spacial score (nSPS) is 17.1. The highest BCUT2D eigenvalue weighted by Crippen LogP contribution is 2.42. The Hall–Kier alpha value is -2.49. The van der Waals surface area contributed by atoms with Gasteiger partial charge in [-0.05, 0) is 26.5 Å². The molecule has 0 amide bonds. The lowest BCUT2D eigenvalue weighted by Gasteiger charge is -2.46. The summed E-state index contributed by atoms with van der Waals surface area (Å²) in [6.07, 6.45) is 0.747.